The van der Waals surface area contributed by atoms with Crippen molar-refractivity contribution in [3.05, 3.63) is 33.8 Å². The molecule has 0 amide bonds. The summed E-state index contributed by atoms with van der Waals surface area (Å²) in [5.74, 6) is -0.356. The summed E-state index contributed by atoms with van der Waals surface area (Å²) in [5.41, 5.74) is 0.653. The van der Waals surface area contributed by atoms with E-state index >= 15 is 0 Å². The number of hydrogen-bond donors (Lipinski definition) is 0. The Morgan fingerprint density at radius 1 is 1.29 bits per heavy atom. The minimum Gasteiger partial charge on any atom is -0.298 e. The second-order valence-corrected chi connectivity index (χ2v) is 7.04. The van der Waals surface area contributed by atoms with Gasteiger partial charge in [0, 0.05) is 12.7 Å². The van der Waals surface area contributed by atoms with Gasteiger partial charge in [-0.1, -0.05) is 29.3 Å². The van der Waals surface area contributed by atoms with Crippen LogP contribution in [0, 0.1) is 0 Å². The molecule has 0 fully saturated rings. The monoisotopic (exact) mass is 294 g/mol. The molecule has 3 nitrogen and oxygen atoms in total. The van der Waals surface area contributed by atoms with Gasteiger partial charge in [0.1, 0.15) is 5.25 Å². The highest BCUT2D eigenvalue weighted by atomic mass is 35.5. The number of carbonyl (C=O) groups is 1. The van der Waals surface area contributed by atoms with Gasteiger partial charge in [0.15, 0.2) is 15.6 Å². The third-order valence-corrected chi connectivity index (χ3v) is 4.74. The fourth-order valence-corrected chi connectivity index (χ4v) is 2.11. The topological polar surface area (TPSA) is 51.2 Å². The summed E-state index contributed by atoms with van der Waals surface area (Å²) in [6.07, 6.45) is 1.08. The third kappa shape index (κ3) is 3.98. The smallest absolute Gasteiger partial charge is 0.157 e. The first-order valence-corrected chi connectivity index (χ1v) is 7.58. The van der Waals surface area contributed by atoms with E-state index in [1.807, 2.05) is 0 Å². The Hall–Kier alpha value is -0.580. The van der Waals surface area contributed by atoms with Gasteiger partial charge in [-0.15, -0.1) is 0 Å². The van der Waals surface area contributed by atoms with Crippen molar-refractivity contribution in [2.45, 2.75) is 18.6 Å². The molecule has 0 aromatic heterocycles. The van der Waals surface area contributed by atoms with Gasteiger partial charge in [0.2, 0.25) is 0 Å². The lowest BCUT2D eigenvalue weighted by atomic mass is 10.1. The van der Waals surface area contributed by atoms with Crippen LogP contribution in [0.3, 0.4) is 0 Å². The van der Waals surface area contributed by atoms with Crippen LogP contribution in [0.4, 0.5) is 0 Å². The molecule has 1 aromatic carbocycles. The zero-order chi connectivity index (χ0) is 13.2. The van der Waals surface area contributed by atoms with Gasteiger partial charge in [0.05, 0.1) is 10.0 Å². The van der Waals surface area contributed by atoms with Crippen LogP contribution in [0.15, 0.2) is 18.2 Å². The molecule has 94 valence electrons. The largest absolute Gasteiger partial charge is 0.298 e. The second-order valence-electron chi connectivity index (χ2n) is 3.86. The maximum atomic E-state index is 11.7. The van der Waals surface area contributed by atoms with E-state index in [1.54, 1.807) is 18.2 Å². The molecule has 1 unspecified atom stereocenters. The van der Waals surface area contributed by atoms with Crippen molar-refractivity contribution >= 4 is 38.8 Å². The quantitative estimate of drug-likeness (QED) is 0.857. The summed E-state index contributed by atoms with van der Waals surface area (Å²) in [6.45, 7) is 1.38. The molecule has 0 spiro atoms. The minimum absolute atomic E-state index is 0.0329. The van der Waals surface area contributed by atoms with Crippen molar-refractivity contribution in [3.8, 4) is 0 Å². The first-order valence-electron chi connectivity index (χ1n) is 4.87. The van der Waals surface area contributed by atoms with Gasteiger partial charge in [-0.2, -0.15) is 0 Å². The van der Waals surface area contributed by atoms with E-state index in [0.29, 0.717) is 15.6 Å². The first-order chi connectivity index (χ1) is 7.71. The number of rotatable bonds is 4. The SMILES string of the molecule is CC(C(=O)Cc1ccc(Cl)c(Cl)c1)S(C)(=O)=O. The maximum Gasteiger partial charge on any atom is 0.157 e. The number of Topliss-reactive ketones (excluding diaryl/α,β-unsaturated/α-hetero) is 1. The molecular formula is C11H12Cl2O3S. The molecule has 0 aliphatic rings. The molecule has 0 radical (unpaired) electrons. The average molecular weight is 295 g/mol. The Kier molecular flexibility index (Phi) is 4.58. The maximum absolute atomic E-state index is 11.7. The molecule has 0 heterocycles. The molecule has 0 N–H and O–H groups in total. The molecule has 0 bridgehead atoms. The van der Waals surface area contributed by atoms with Gasteiger partial charge >= 0.3 is 0 Å². The zero-order valence-electron chi connectivity index (χ0n) is 9.41. The fraction of sp³-hybridized carbons (Fsp3) is 0.364. The highest BCUT2D eigenvalue weighted by Crippen LogP contribution is 2.23. The lowest BCUT2D eigenvalue weighted by Gasteiger charge is -2.08. The number of sulfone groups is 1. The minimum atomic E-state index is -3.35. The second kappa shape index (κ2) is 5.38. The Bertz CT molecular complexity index is 538. The van der Waals surface area contributed by atoms with Crippen LogP contribution in [0.2, 0.25) is 10.0 Å². The van der Waals surface area contributed by atoms with Gasteiger partial charge in [-0.25, -0.2) is 8.42 Å². The van der Waals surface area contributed by atoms with Gasteiger partial charge in [-0.3, -0.25) is 4.79 Å². The van der Waals surface area contributed by atoms with Crippen molar-refractivity contribution in [2.24, 2.45) is 0 Å². The Morgan fingerprint density at radius 2 is 1.88 bits per heavy atom. The molecule has 17 heavy (non-hydrogen) atoms. The van der Waals surface area contributed by atoms with E-state index in [2.05, 4.69) is 0 Å². The Morgan fingerprint density at radius 3 is 2.35 bits per heavy atom. The van der Waals surface area contributed by atoms with Crippen LogP contribution >= 0.6 is 23.2 Å². The van der Waals surface area contributed by atoms with Crippen molar-refractivity contribution in [2.75, 3.05) is 6.26 Å². The van der Waals surface area contributed by atoms with Crippen LogP contribution < -0.4 is 0 Å². The van der Waals surface area contributed by atoms with Crippen molar-refractivity contribution in [3.63, 3.8) is 0 Å². The van der Waals surface area contributed by atoms with E-state index in [9.17, 15) is 13.2 Å². The molecular weight excluding hydrogens is 283 g/mol. The lowest BCUT2D eigenvalue weighted by molar-refractivity contribution is -0.117. The summed E-state index contributed by atoms with van der Waals surface area (Å²) >= 11 is 11.5. The van der Waals surface area contributed by atoms with Crippen LogP contribution in [-0.4, -0.2) is 25.7 Å². The summed E-state index contributed by atoms with van der Waals surface area (Å²) in [7, 11) is -3.35. The van der Waals surface area contributed by atoms with E-state index in [1.165, 1.54) is 6.92 Å². The van der Waals surface area contributed by atoms with Crippen molar-refractivity contribution in [1.82, 2.24) is 0 Å². The molecule has 1 rings (SSSR count). The number of hydrogen-bond acceptors (Lipinski definition) is 3. The number of ketones is 1. The fourth-order valence-electron chi connectivity index (χ4n) is 1.23. The molecule has 6 heteroatoms. The standard InChI is InChI=1S/C11H12Cl2O3S/c1-7(17(2,15)16)11(14)6-8-3-4-9(12)10(13)5-8/h3-5,7H,6H2,1-2H3. The summed E-state index contributed by atoms with van der Waals surface area (Å²) < 4.78 is 22.4. The molecule has 0 aliphatic carbocycles. The first kappa shape index (κ1) is 14.5. The lowest BCUT2D eigenvalue weighted by Crippen LogP contribution is -2.27. The normalized spacial score (nSPS) is 13.4. The predicted octanol–water partition coefficient (Wildman–Crippen LogP) is 2.54. The van der Waals surface area contributed by atoms with Crippen LogP contribution in [0.5, 0.6) is 0 Å². The Labute approximate surface area is 111 Å². The summed E-state index contributed by atoms with van der Waals surface area (Å²) in [4.78, 5) is 11.7. The molecule has 0 aliphatic heterocycles. The van der Waals surface area contributed by atoms with E-state index in [4.69, 9.17) is 23.2 Å². The molecule has 1 aromatic rings. The van der Waals surface area contributed by atoms with Crippen molar-refractivity contribution in [1.29, 1.82) is 0 Å². The summed E-state index contributed by atoms with van der Waals surface area (Å²) in [6, 6.07) is 4.80. The van der Waals surface area contributed by atoms with E-state index in [0.717, 1.165) is 6.26 Å². The molecule has 1 atom stereocenters. The van der Waals surface area contributed by atoms with E-state index in [-0.39, 0.29) is 12.2 Å². The van der Waals surface area contributed by atoms with E-state index < -0.39 is 15.1 Å². The highest BCUT2D eigenvalue weighted by molar-refractivity contribution is 7.92. The Balaban J connectivity index is 2.85. The average Bonchev–Trinajstić information content (AvgIpc) is 2.21. The van der Waals surface area contributed by atoms with Crippen LogP contribution in [0.25, 0.3) is 0 Å². The number of benzene rings is 1. The molecule has 0 saturated carbocycles. The highest BCUT2D eigenvalue weighted by Gasteiger charge is 2.23. The summed E-state index contributed by atoms with van der Waals surface area (Å²) in [5, 5.41) is -0.250. The van der Waals surface area contributed by atoms with Crippen LogP contribution in [-0.2, 0) is 21.1 Å². The molecule has 0 saturated heterocycles. The van der Waals surface area contributed by atoms with Gasteiger partial charge in [-0.05, 0) is 24.6 Å². The zero-order valence-corrected chi connectivity index (χ0v) is 11.7. The third-order valence-electron chi connectivity index (χ3n) is 2.46. The van der Waals surface area contributed by atoms with Crippen molar-refractivity contribution < 1.29 is 13.2 Å². The number of carbonyl (C=O) groups excluding carboxylic acids is 1. The predicted molar refractivity (Wildman–Crippen MR) is 69.5 cm³/mol. The number of halogens is 2. The van der Waals surface area contributed by atoms with Crippen LogP contribution in [0.1, 0.15) is 12.5 Å². The van der Waals surface area contributed by atoms with Gasteiger partial charge in [0.25, 0.3) is 0 Å². The van der Waals surface area contributed by atoms with Gasteiger partial charge < -0.3 is 0 Å².